The van der Waals surface area contributed by atoms with E-state index < -0.39 is 0 Å². The Morgan fingerprint density at radius 1 is 1.37 bits per heavy atom. The lowest BCUT2D eigenvalue weighted by Gasteiger charge is -2.26. The van der Waals surface area contributed by atoms with Gasteiger partial charge in [-0.1, -0.05) is 11.6 Å². The van der Waals surface area contributed by atoms with Crippen molar-refractivity contribution < 1.29 is 4.39 Å². The van der Waals surface area contributed by atoms with E-state index >= 15 is 0 Å². The highest BCUT2D eigenvalue weighted by Crippen LogP contribution is 2.38. The normalized spacial score (nSPS) is 27.9. The number of nitrogens with zero attached hydrogens (tertiary/aromatic N) is 1. The summed E-state index contributed by atoms with van der Waals surface area (Å²) in [7, 11) is 2.07. The van der Waals surface area contributed by atoms with E-state index in [1.54, 1.807) is 12.1 Å². The van der Waals surface area contributed by atoms with Crippen molar-refractivity contribution in [2.75, 3.05) is 20.1 Å². The van der Waals surface area contributed by atoms with E-state index in [-0.39, 0.29) is 11.9 Å². The lowest BCUT2D eigenvalue weighted by atomic mass is 9.93. The van der Waals surface area contributed by atoms with Crippen molar-refractivity contribution in [3.05, 3.63) is 34.6 Å². The molecule has 1 aromatic rings. The Morgan fingerprint density at radius 3 is 2.89 bits per heavy atom. The average molecular weight is 283 g/mol. The third-order valence-electron chi connectivity index (χ3n) is 4.30. The molecule has 4 heteroatoms. The van der Waals surface area contributed by atoms with E-state index in [9.17, 15) is 4.39 Å². The maximum Gasteiger partial charge on any atom is 0.128 e. The minimum absolute atomic E-state index is 0.139. The lowest BCUT2D eigenvalue weighted by molar-refractivity contribution is 0.265. The second-order valence-corrected chi connectivity index (χ2v) is 6.26. The number of hydrogen-bond donors (Lipinski definition) is 1. The molecule has 1 aliphatic heterocycles. The van der Waals surface area contributed by atoms with Crippen molar-refractivity contribution in [2.45, 2.75) is 31.3 Å². The molecular formula is C15H20ClFN2. The van der Waals surface area contributed by atoms with Gasteiger partial charge in [-0.15, -0.1) is 0 Å². The highest BCUT2D eigenvalue weighted by Gasteiger charge is 2.35. The number of likely N-dealkylation sites (tertiary alicyclic amines) is 1. The van der Waals surface area contributed by atoms with Gasteiger partial charge in [-0.25, -0.2) is 4.39 Å². The quantitative estimate of drug-likeness (QED) is 0.912. The first-order valence-electron chi connectivity index (χ1n) is 7.03. The summed E-state index contributed by atoms with van der Waals surface area (Å²) in [4.78, 5) is 2.24. The van der Waals surface area contributed by atoms with Crippen LogP contribution < -0.4 is 5.32 Å². The minimum atomic E-state index is -0.139. The summed E-state index contributed by atoms with van der Waals surface area (Å²) >= 11 is 6.03. The zero-order valence-corrected chi connectivity index (χ0v) is 12.0. The molecule has 0 spiro atoms. The monoisotopic (exact) mass is 282 g/mol. The van der Waals surface area contributed by atoms with Gasteiger partial charge in [0.25, 0.3) is 0 Å². The van der Waals surface area contributed by atoms with Crippen LogP contribution in [0.1, 0.15) is 30.9 Å². The summed E-state index contributed by atoms with van der Waals surface area (Å²) < 4.78 is 14.1. The van der Waals surface area contributed by atoms with E-state index in [1.165, 1.54) is 18.9 Å². The minimum Gasteiger partial charge on any atom is -0.314 e. The van der Waals surface area contributed by atoms with Crippen molar-refractivity contribution in [3.8, 4) is 0 Å². The molecule has 0 radical (unpaired) electrons. The van der Waals surface area contributed by atoms with Crippen LogP contribution in [0.25, 0.3) is 0 Å². The van der Waals surface area contributed by atoms with Crippen LogP contribution in [-0.2, 0) is 0 Å². The SMILES string of the molecule is CN1CCC(CNC2CC2)C1c1cc(Cl)ccc1F. The molecule has 2 aliphatic rings. The van der Waals surface area contributed by atoms with Crippen LogP contribution in [0.4, 0.5) is 4.39 Å². The van der Waals surface area contributed by atoms with Crippen LogP contribution in [0.3, 0.4) is 0 Å². The van der Waals surface area contributed by atoms with Gasteiger partial charge >= 0.3 is 0 Å². The molecule has 1 heterocycles. The van der Waals surface area contributed by atoms with Crippen LogP contribution in [0.2, 0.25) is 5.02 Å². The molecule has 1 aromatic carbocycles. The summed E-state index contributed by atoms with van der Waals surface area (Å²) in [5, 5.41) is 4.19. The molecule has 1 saturated heterocycles. The largest absolute Gasteiger partial charge is 0.314 e. The molecule has 3 rings (SSSR count). The summed E-state index contributed by atoms with van der Waals surface area (Å²) in [6, 6.07) is 5.73. The van der Waals surface area contributed by atoms with E-state index in [4.69, 9.17) is 11.6 Å². The van der Waals surface area contributed by atoms with Crippen molar-refractivity contribution in [1.29, 1.82) is 0 Å². The van der Waals surface area contributed by atoms with Gasteiger partial charge in [-0.3, -0.25) is 4.90 Å². The Kier molecular flexibility index (Phi) is 3.79. The standard InChI is InChI=1S/C15H20ClFN2/c1-19-7-6-10(9-18-12-3-4-12)15(19)13-8-11(16)2-5-14(13)17/h2,5,8,10,12,15,18H,3-4,6-7,9H2,1H3. The van der Waals surface area contributed by atoms with Gasteiger partial charge in [0.15, 0.2) is 0 Å². The molecule has 19 heavy (non-hydrogen) atoms. The second-order valence-electron chi connectivity index (χ2n) is 5.82. The second kappa shape index (κ2) is 5.39. The highest BCUT2D eigenvalue weighted by molar-refractivity contribution is 6.30. The van der Waals surface area contributed by atoms with Crippen LogP contribution in [0.5, 0.6) is 0 Å². The van der Waals surface area contributed by atoms with E-state index in [0.29, 0.717) is 17.0 Å². The summed E-state index contributed by atoms with van der Waals surface area (Å²) in [6.07, 6.45) is 3.70. The Bertz CT molecular complexity index is 461. The number of benzene rings is 1. The highest BCUT2D eigenvalue weighted by atomic mass is 35.5. The van der Waals surface area contributed by atoms with Crippen LogP contribution in [0, 0.1) is 11.7 Å². The molecule has 1 aliphatic carbocycles. The first kappa shape index (κ1) is 13.3. The van der Waals surface area contributed by atoms with E-state index in [2.05, 4.69) is 17.3 Å². The molecule has 0 aromatic heterocycles. The molecule has 2 nitrogen and oxygen atoms in total. The third-order valence-corrected chi connectivity index (χ3v) is 4.53. The Balaban J connectivity index is 1.79. The predicted molar refractivity (Wildman–Crippen MR) is 75.9 cm³/mol. The summed E-state index contributed by atoms with van der Waals surface area (Å²) in [5.41, 5.74) is 0.745. The lowest BCUT2D eigenvalue weighted by Crippen LogP contribution is -2.30. The smallest absolute Gasteiger partial charge is 0.128 e. The van der Waals surface area contributed by atoms with Gasteiger partial charge in [0.1, 0.15) is 5.82 Å². The number of rotatable bonds is 4. The van der Waals surface area contributed by atoms with Gasteiger partial charge < -0.3 is 5.32 Å². The number of nitrogens with one attached hydrogen (secondary N) is 1. The average Bonchev–Trinajstić information content (AvgIpc) is 3.14. The van der Waals surface area contributed by atoms with Gasteiger partial charge in [0.2, 0.25) is 0 Å². The molecule has 1 saturated carbocycles. The van der Waals surface area contributed by atoms with Gasteiger partial charge in [-0.05, 0) is 57.0 Å². The maximum absolute atomic E-state index is 14.1. The predicted octanol–water partition coefficient (Wildman–Crippen LogP) is 3.22. The Labute approximate surface area is 118 Å². The molecule has 2 fully saturated rings. The zero-order valence-electron chi connectivity index (χ0n) is 11.2. The van der Waals surface area contributed by atoms with Crippen LogP contribution in [0.15, 0.2) is 18.2 Å². The zero-order chi connectivity index (χ0) is 13.4. The molecule has 0 amide bonds. The van der Waals surface area contributed by atoms with Crippen molar-refractivity contribution in [3.63, 3.8) is 0 Å². The Hall–Kier alpha value is -0.640. The maximum atomic E-state index is 14.1. The fraction of sp³-hybridized carbons (Fsp3) is 0.600. The number of hydrogen-bond acceptors (Lipinski definition) is 2. The first-order valence-corrected chi connectivity index (χ1v) is 7.41. The van der Waals surface area contributed by atoms with Gasteiger partial charge in [-0.2, -0.15) is 0 Å². The van der Waals surface area contributed by atoms with E-state index in [1.807, 2.05) is 0 Å². The van der Waals surface area contributed by atoms with Crippen LogP contribution >= 0.6 is 11.6 Å². The van der Waals surface area contributed by atoms with Crippen LogP contribution in [-0.4, -0.2) is 31.1 Å². The molecule has 1 N–H and O–H groups in total. The molecular weight excluding hydrogens is 263 g/mol. The summed E-state index contributed by atoms with van der Waals surface area (Å²) in [6.45, 7) is 2.00. The molecule has 104 valence electrons. The van der Waals surface area contributed by atoms with Gasteiger partial charge in [0, 0.05) is 29.2 Å². The molecule has 2 unspecified atom stereocenters. The van der Waals surface area contributed by atoms with Crippen molar-refractivity contribution >= 4 is 11.6 Å². The summed E-state index contributed by atoms with van der Waals surface area (Å²) in [5.74, 6) is 0.332. The molecule has 0 bridgehead atoms. The Morgan fingerprint density at radius 2 is 2.16 bits per heavy atom. The van der Waals surface area contributed by atoms with Crippen molar-refractivity contribution in [2.24, 2.45) is 5.92 Å². The fourth-order valence-electron chi connectivity index (χ4n) is 3.08. The van der Waals surface area contributed by atoms with E-state index in [0.717, 1.165) is 25.1 Å². The number of halogens is 2. The van der Waals surface area contributed by atoms with Crippen molar-refractivity contribution in [1.82, 2.24) is 10.2 Å². The fourth-order valence-corrected chi connectivity index (χ4v) is 3.26. The first-order chi connectivity index (χ1) is 9.15. The van der Waals surface area contributed by atoms with Gasteiger partial charge in [0.05, 0.1) is 0 Å². The molecule has 2 atom stereocenters. The topological polar surface area (TPSA) is 15.3 Å². The third kappa shape index (κ3) is 2.93.